The first kappa shape index (κ1) is 19.2. The number of hydrogen-bond donors (Lipinski definition) is 0. The zero-order chi connectivity index (χ0) is 21.9. The van der Waals surface area contributed by atoms with Crippen molar-refractivity contribution in [1.29, 1.82) is 0 Å². The van der Waals surface area contributed by atoms with Crippen LogP contribution in [0.15, 0.2) is 63.1 Å². The van der Waals surface area contributed by atoms with Crippen molar-refractivity contribution >= 4 is 17.3 Å². The average molecular weight is 415 g/mol. The Bertz CT molecular complexity index is 1380. The van der Waals surface area contributed by atoms with Crippen LogP contribution in [0.25, 0.3) is 0 Å². The van der Waals surface area contributed by atoms with Gasteiger partial charge in [-0.25, -0.2) is 9.79 Å². The first-order chi connectivity index (χ1) is 14.9. The lowest BCUT2D eigenvalue weighted by Gasteiger charge is -2.30. The fourth-order valence-corrected chi connectivity index (χ4v) is 4.66. The molecule has 0 bridgehead atoms. The highest BCUT2D eigenvalue weighted by molar-refractivity contribution is 6.30. The van der Waals surface area contributed by atoms with Gasteiger partial charge in [0.15, 0.2) is 5.78 Å². The number of ketones is 1. The van der Waals surface area contributed by atoms with Gasteiger partial charge in [-0.2, -0.15) is 0 Å². The SMILES string of the molecule is CCOc1ccc([C@H]2c3c(n(C)c(=O)n(C)c3=O)N=C3c4ccccc4C(=O)[C@@H]32)cc1. The summed E-state index contributed by atoms with van der Waals surface area (Å²) in [6.45, 7) is 2.45. The number of hydrogen-bond acceptors (Lipinski definition) is 5. The van der Waals surface area contributed by atoms with E-state index >= 15 is 0 Å². The summed E-state index contributed by atoms with van der Waals surface area (Å²) in [5.74, 6) is -0.209. The van der Waals surface area contributed by atoms with Crippen LogP contribution in [0, 0.1) is 5.92 Å². The van der Waals surface area contributed by atoms with E-state index in [0.29, 0.717) is 35.0 Å². The molecule has 2 atom stereocenters. The zero-order valence-electron chi connectivity index (χ0n) is 17.5. The molecule has 2 heterocycles. The summed E-state index contributed by atoms with van der Waals surface area (Å²) >= 11 is 0. The number of carbonyl (C=O) groups is 1. The van der Waals surface area contributed by atoms with Crippen LogP contribution in [0.3, 0.4) is 0 Å². The fraction of sp³-hybridized carbons (Fsp3) is 0.250. The van der Waals surface area contributed by atoms with Crippen molar-refractivity contribution in [2.45, 2.75) is 12.8 Å². The van der Waals surface area contributed by atoms with Crippen LogP contribution < -0.4 is 16.0 Å². The predicted octanol–water partition coefficient (Wildman–Crippen LogP) is 2.56. The van der Waals surface area contributed by atoms with Gasteiger partial charge in [0.05, 0.1) is 23.8 Å². The average Bonchev–Trinajstić information content (AvgIpc) is 3.08. The van der Waals surface area contributed by atoms with E-state index in [0.717, 1.165) is 15.7 Å². The van der Waals surface area contributed by atoms with E-state index in [9.17, 15) is 14.4 Å². The van der Waals surface area contributed by atoms with E-state index in [-0.39, 0.29) is 5.78 Å². The van der Waals surface area contributed by atoms with Crippen molar-refractivity contribution in [1.82, 2.24) is 9.13 Å². The predicted molar refractivity (Wildman–Crippen MR) is 117 cm³/mol. The molecular weight excluding hydrogens is 394 g/mol. The Hall–Kier alpha value is -3.74. The maximum atomic E-state index is 13.5. The van der Waals surface area contributed by atoms with E-state index in [4.69, 9.17) is 9.73 Å². The topological polar surface area (TPSA) is 82.7 Å². The molecule has 7 nitrogen and oxygen atoms in total. The lowest BCUT2D eigenvalue weighted by molar-refractivity contribution is 0.0953. The molecule has 156 valence electrons. The number of aromatic nitrogens is 2. The molecule has 2 aliphatic rings. The summed E-state index contributed by atoms with van der Waals surface area (Å²) in [6, 6.07) is 14.8. The minimum absolute atomic E-state index is 0.0604. The van der Waals surface area contributed by atoms with Crippen LogP contribution in [0.1, 0.15) is 39.9 Å². The number of ether oxygens (including phenoxy) is 1. The van der Waals surface area contributed by atoms with E-state index in [1.165, 1.54) is 11.6 Å². The van der Waals surface area contributed by atoms with Crippen LogP contribution in [0.2, 0.25) is 0 Å². The molecule has 31 heavy (non-hydrogen) atoms. The Morgan fingerprint density at radius 3 is 2.26 bits per heavy atom. The van der Waals surface area contributed by atoms with Gasteiger partial charge in [-0.15, -0.1) is 0 Å². The van der Waals surface area contributed by atoms with Gasteiger partial charge in [-0.05, 0) is 24.6 Å². The van der Waals surface area contributed by atoms with Gasteiger partial charge in [0.25, 0.3) is 5.56 Å². The minimum atomic E-state index is -0.618. The van der Waals surface area contributed by atoms with Crippen LogP contribution in [-0.4, -0.2) is 27.2 Å². The Balaban J connectivity index is 1.82. The molecule has 0 unspecified atom stereocenters. The summed E-state index contributed by atoms with van der Waals surface area (Å²) < 4.78 is 8.01. The van der Waals surface area contributed by atoms with Crippen molar-refractivity contribution in [3.05, 3.63) is 91.6 Å². The molecule has 1 aliphatic carbocycles. The maximum absolute atomic E-state index is 13.5. The summed E-state index contributed by atoms with van der Waals surface area (Å²) in [7, 11) is 3.05. The molecule has 5 rings (SSSR count). The van der Waals surface area contributed by atoms with Crippen molar-refractivity contribution in [2.24, 2.45) is 25.0 Å². The van der Waals surface area contributed by atoms with Crippen LogP contribution in [0.5, 0.6) is 5.75 Å². The molecule has 3 aromatic rings. The highest BCUT2D eigenvalue weighted by Crippen LogP contribution is 2.46. The molecular formula is C24H21N3O4. The molecule has 1 aromatic heterocycles. The quantitative estimate of drug-likeness (QED) is 0.658. The van der Waals surface area contributed by atoms with E-state index < -0.39 is 23.1 Å². The molecule has 1 aliphatic heterocycles. The number of aliphatic imine (C=N–C) groups is 1. The second-order valence-electron chi connectivity index (χ2n) is 7.81. The fourth-order valence-electron chi connectivity index (χ4n) is 4.66. The Morgan fingerprint density at radius 1 is 0.903 bits per heavy atom. The summed E-state index contributed by atoms with van der Waals surface area (Å²) in [4.78, 5) is 44.0. The molecule has 0 saturated heterocycles. The minimum Gasteiger partial charge on any atom is -0.494 e. The van der Waals surface area contributed by atoms with Gasteiger partial charge < -0.3 is 4.74 Å². The number of rotatable bonds is 3. The highest BCUT2D eigenvalue weighted by atomic mass is 16.5. The number of Topliss-reactive ketones (excluding diaryl/α,β-unsaturated/α-hetero) is 1. The van der Waals surface area contributed by atoms with E-state index in [1.807, 2.05) is 49.4 Å². The summed E-state index contributed by atoms with van der Waals surface area (Å²) in [5.41, 5.74) is 2.25. The third-order valence-corrected chi connectivity index (χ3v) is 6.13. The molecule has 0 saturated carbocycles. The monoisotopic (exact) mass is 415 g/mol. The molecule has 0 N–H and O–H groups in total. The maximum Gasteiger partial charge on any atom is 0.332 e. The van der Waals surface area contributed by atoms with Gasteiger partial charge in [0.2, 0.25) is 0 Å². The highest BCUT2D eigenvalue weighted by Gasteiger charge is 2.47. The smallest absolute Gasteiger partial charge is 0.332 e. The van der Waals surface area contributed by atoms with Gasteiger partial charge in [0.1, 0.15) is 11.6 Å². The van der Waals surface area contributed by atoms with Crippen LogP contribution in [0.4, 0.5) is 5.82 Å². The number of fused-ring (bicyclic) bond motifs is 4. The van der Waals surface area contributed by atoms with Gasteiger partial charge in [0, 0.05) is 31.1 Å². The molecule has 0 amide bonds. The largest absolute Gasteiger partial charge is 0.494 e. The first-order valence-corrected chi connectivity index (χ1v) is 10.2. The van der Waals surface area contributed by atoms with Crippen molar-refractivity contribution < 1.29 is 9.53 Å². The Labute approximate surface area is 178 Å². The van der Waals surface area contributed by atoms with Crippen molar-refractivity contribution in [3.63, 3.8) is 0 Å². The van der Waals surface area contributed by atoms with Crippen molar-refractivity contribution in [2.75, 3.05) is 6.61 Å². The number of nitrogens with zero attached hydrogens (tertiary/aromatic N) is 3. The second-order valence-corrected chi connectivity index (χ2v) is 7.81. The molecule has 0 spiro atoms. The van der Waals surface area contributed by atoms with Crippen molar-refractivity contribution in [3.8, 4) is 5.75 Å². The Kier molecular flexibility index (Phi) is 4.28. The first-order valence-electron chi connectivity index (χ1n) is 10.2. The normalized spacial score (nSPS) is 18.8. The second kappa shape index (κ2) is 6.91. The van der Waals surface area contributed by atoms with Crippen LogP contribution >= 0.6 is 0 Å². The van der Waals surface area contributed by atoms with Crippen LogP contribution in [-0.2, 0) is 14.1 Å². The lowest BCUT2D eigenvalue weighted by Crippen LogP contribution is -2.43. The summed E-state index contributed by atoms with van der Waals surface area (Å²) in [5, 5.41) is 0. The third kappa shape index (κ3) is 2.66. The molecule has 7 heteroatoms. The van der Waals surface area contributed by atoms with Gasteiger partial charge >= 0.3 is 5.69 Å². The summed E-state index contributed by atoms with van der Waals surface area (Å²) in [6.07, 6.45) is 0. The molecule has 0 radical (unpaired) electrons. The van der Waals surface area contributed by atoms with Gasteiger partial charge in [-0.1, -0.05) is 36.4 Å². The molecule has 0 fully saturated rings. The third-order valence-electron chi connectivity index (χ3n) is 6.13. The number of carbonyl (C=O) groups excluding carboxylic acids is 1. The number of benzene rings is 2. The molecule has 2 aromatic carbocycles. The standard InChI is InChI=1S/C24H21N3O4/c1-4-31-14-11-9-13(10-12-14)17-18-20(15-7-5-6-8-16(15)21(18)28)25-22-19(17)23(29)27(3)24(30)26(22)2/h5-12,17-18H,4H2,1-3H3/t17-,18-/m1/s1. The Morgan fingerprint density at radius 2 is 1.58 bits per heavy atom. The lowest BCUT2D eigenvalue weighted by atomic mass is 9.76. The van der Waals surface area contributed by atoms with E-state index in [1.54, 1.807) is 13.1 Å². The van der Waals surface area contributed by atoms with Gasteiger partial charge in [-0.3, -0.25) is 18.7 Å². The van der Waals surface area contributed by atoms with E-state index in [2.05, 4.69) is 0 Å². The zero-order valence-corrected chi connectivity index (χ0v) is 17.5.